The minimum atomic E-state index is -2.80. The molecule has 1 amide bonds. The first-order valence-electron chi connectivity index (χ1n) is 12.2. The van der Waals surface area contributed by atoms with E-state index >= 15 is 0 Å². The number of hydrogen-bond donors (Lipinski definition) is 2. The number of fused-ring (bicyclic) bond motifs is 1. The molecule has 6 nitrogen and oxygen atoms in total. The summed E-state index contributed by atoms with van der Waals surface area (Å²) in [6.45, 7) is 0. The molecule has 2 saturated carbocycles. The highest BCUT2D eigenvalue weighted by atomic mass is 19.3. The van der Waals surface area contributed by atoms with Gasteiger partial charge in [0.15, 0.2) is 5.43 Å². The van der Waals surface area contributed by atoms with Crippen LogP contribution in [-0.4, -0.2) is 56.2 Å². The summed E-state index contributed by atoms with van der Waals surface area (Å²) < 4.78 is 56.3. The Bertz CT molecular complexity index is 1490. The SMILES string of the molecule is BC1CC(F)(F)CCC1(B)c1nc(C2(B)CC(F)(F)C2)ccc1-c1cc(=O)c2c(C(N)=O)nccc2[nH]1. The molecule has 0 aromatic carbocycles. The summed E-state index contributed by atoms with van der Waals surface area (Å²) in [6.07, 6.45) is 0.166. The van der Waals surface area contributed by atoms with E-state index in [2.05, 4.69) is 9.97 Å². The van der Waals surface area contributed by atoms with Crippen molar-refractivity contribution in [3.8, 4) is 11.3 Å². The van der Waals surface area contributed by atoms with Crippen molar-refractivity contribution in [2.75, 3.05) is 0 Å². The molecule has 0 saturated heterocycles. The van der Waals surface area contributed by atoms with Gasteiger partial charge in [0.05, 0.1) is 16.6 Å². The molecule has 190 valence electrons. The number of pyridine rings is 3. The lowest BCUT2D eigenvalue weighted by molar-refractivity contribution is -0.102. The fraction of sp³-hybridized carbons (Fsp3) is 0.417. The Kier molecular flexibility index (Phi) is 5.66. The van der Waals surface area contributed by atoms with Gasteiger partial charge in [0.25, 0.3) is 5.91 Å². The maximum atomic E-state index is 14.3. The van der Waals surface area contributed by atoms with E-state index in [4.69, 9.17) is 10.7 Å². The smallest absolute Gasteiger partial charge is 0.268 e. The van der Waals surface area contributed by atoms with Crippen LogP contribution < -0.4 is 11.2 Å². The number of rotatable bonds is 4. The Morgan fingerprint density at radius 1 is 1.08 bits per heavy atom. The summed E-state index contributed by atoms with van der Waals surface area (Å²) in [5.41, 5.74) is 6.95. The Morgan fingerprint density at radius 3 is 2.41 bits per heavy atom. The van der Waals surface area contributed by atoms with Crippen molar-refractivity contribution in [3.05, 3.63) is 57.8 Å². The monoisotopic (exact) mass is 510 g/mol. The van der Waals surface area contributed by atoms with Gasteiger partial charge in [-0.3, -0.25) is 19.6 Å². The fourth-order valence-corrected chi connectivity index (χ4v) is 6.07. The Morgan fingerprint density at radius 2 is 1.78 bits per heavy atom. The molecule has 0 aliphatic heterocycles. The standard InChI is InChI=1S/C24H25B3F4N4O2/c25-15-8-22(28,29)4-5-24(15,27)19-11(1-2-16(35-19)21(26)9-23(30,31)10-21)13-7-14(36)17-12(34-13)3-6-33-18(17)20(32)37/h1-3,6-7,15H,4-5,8-10,25-27H2,(H2,32,37)(H,34,36). The fourth-order valence-electron chi connectivity index (χ4n) is 6.07. The van der Waals surface area contributed by atoms with Crippen molar-refractivity contribution in [2.24, 2.45) is 5.73 Å². The summed E-state index contributed by atoms with van der Waals surface area (Å²) in [4.78, 5) is 36.8. The lowest BCUT2D eigenvalue weighted by atomic mass is 9.46. The van der Waals surface area contributed by atoms with Gasteiger partial charge in [-0.05, 0) is 35.2 Å². The number of aromatic amines is 1. The second-order valence-corrected chi connectivity index (χ2v) is 11.2. The van der Waals surface area contributed by atoms with Crippen LogP contribution in [0.15, 0.2) is 35.3 Å². The molecule has 37 heavy (non-hydrogen) atoms. The molecule has 2 unspecified atom stereocenters. The normalized spacial score (nSPS) is 25.9. The number of H-pyrrole nitrogens is 1. The average molecular weight is 510 g/mol. The number of nitrogens with two attached hydrogens (primary N) is 1. The van der Waals surface area contributed by atoms with E-state index in [1.54, 1.807) is 27.8 Å². The van der Waals surface area contributed by atoms with Gasteiger partial charge in [-0.15, -0.1) is 0 Å². The van der Waals surface area contributed by atoms with Gasteiger partial charge >= 0.3 is 0 Å². The number of carbonyl (C=O) groups is 1. The van der Waals surface area contributed by atoms with Crippen LogP contribution in [0.1, 0.15) is 54.0 Å². The van der Waals surface area contributed by atoms with Gasteiger partial charge < -0.3 is 10.7 Å². The molecule has 2 fully saturated rings. The molecule has 3 N–H and O–H groups in total. The zero-order valence-corrected chi connectivity index (χ0v) is 20.8. The van der Waals surface area contributed by atoms with Gasteiger partial charge in [0, 0.05) is 54.9 Å². The number of carbonyl (C=O) groups excluding carboxylic acids is 1. The molecule has 2 atom stereocenters. The van der Waals surface area contributed by atoms with E-state index in [1.807, 2.05) is 7.85 Å². The van der Waals surface area contributed by atoms with Crippen molar-refractivity contribution in [3.63, 3.8) is 0 Å². The zero-order valence-electron chi connectivity index (χ0n) is 20.8. The number of nitrogens with zero attached hydrogens (tertiary/aromatic N) is 2. The molecule has 3 aromatic heterocycles. The molecule has 3 aromatic rings. The summed E-state index contributed by atoms with van der Waals surface area (Å²) in [5, 5.41) is -1.59. The average Bonchev–Trinajstić information content (AvgIpc) is 2.79. The van der Waals surface area contributed by atoms with Gasteiger partial charge in [0.1, 0.15) is 29.2 Å². The predicted molar refractivity (Wildman–Crippen MR) is 140 cm³/mol. The van der Waals surface area contributed by atoms with Crippen molar-refractivity contribution >= 4 is 40.3 Å². The highest BCUT2D eigenvalue weighted by Crippen LogP contribution is 2.53. The summed E-state index contributed by atoms with van der Waals surface area (Å²) in [7, 11) is 5.35. The molecule has 0 bridgehead atoms. The van der Waals surface area contributed by atoms with Crippen LogP contribution in [0.2, 0.25) is 5.82 Å². The third-order valence-electron chi connectivity index (χ3n) is 8.32. The van der Waals surface area contributed by atoms with Crippen LogP contribution >= 0.6 is 0 Å². The van der Waals surface area contributed by atoms with E-state index < -0.39 is 39.6 Å². The van der Waals surface area contributed by atoms with Crippen molar-refractivity contribution in [1.29, 1.82) is 0 Å². The third kappa shape index (κ3) is 4.26. The van der Waals surface area contributed by atoms with Gasteiger partial charge in [0.2, 0.25) is 11.8 Å². The number of primary amides is 1. The lowest BCUT2D eigenvalue weighted by Gasteiger charge is -2.47. The van der Waals surface area contributed by atoms with Crippen molar-refractivity contribution < 1.29 is 22.4 Å². The molecule has 2 aliphatic carbocycles. The molecule has 13 heteroatoms. The van der Waals surface area contributed by atoms with Crippen LogP contribution in [0.3, 0.4) is 0 Å². The van der Waals surface area contributed by atoms with Gasteiger partial charge in [-0.2, -0.15) is 0 Å². The van der Waals surface area contributed by atoms with E-state index in [0.29, 0.717) is 28.2 Å². The second-order valence-electron chi connectivity index (χ2n) is 11.2. The maximum Gasteiger partial charge on any atom is 0.268 e. The Labute approximate surface area is 213 Å². The summed E-state index contributed by atoms with van der Waals surface area (Å²) >= 11 is 0. The van der Waals surface area contributed by atoms with Gasteiger partial charge in [-0.1, -0.05) is 5.82 Å². The topological polar surface area (TPSA) is 102 Å². The largest absolute Gasteiger partial charge is 0.364 e. The summed E-state index contributed by atoms with van der Waals surface area (Å²) in [6, 6.07) is 6.24. The minimum Gasteiger partial charge on any atom is -0.364 e. The van der Waals surface area contributed by atoms with Crippen LogP contribution in [0.5, 0.6) is 0 Å². The number of amides is 1. The van der Waals surface area contributed by atoms with E-state index in [9.17, 15) is 27.2 Å². The number of hydrogen-bond acceptors (Lipinski definition) is 4. The molecule has 2 aliphatic rings. The zero-order chi connectivity index (χ0) is 27.0. The first-order chi connectivity index (χ1) is 17.1. The van der Waals surface area contributed by atoms with Crippen LogP contribution in [0.25, 0.3) is 22.2 Å². The van der Waals surface area contributed by atoms with E-state index in [1.165, 1.54) is 18.3 Å². The third-order valence-corrected chi connectivity index (χ3v) is 8.32. The van der Waals surface area contributed by atoms with Crippen LogP contribution in [-0.2, 0) is 10.6 Å². The molecular weight excluding hydrogens is 485 g/mol. The molecule has 0 spiro atoms. The van der Waals surface area contributed by atoms with Crippen LogP contribution in [0, 0.1) is 0 Å². The van der Waals surface area contributed by atoms with Crippen LogP contribution in [0.4, 0.5) is 17.6 Å². The van der Waals surface area contributed by atoms with E-state index in [-0.39, 0.29) is 43.2 Å². The quantitative estimate of drug-likeness (QED) is 0.410. The maximum absolute atomic E-state index is 14.3. The first kappa shape index (κ1) is 25.5. The molecule has 0 radical (unpaired) electrons. The minimum absolute atomic E-state index is 0.0472. The Hall–Kier alpha value is -3.11. The number of aromatic nitrogens is 3. The molecule has 3 heterocycles. The van der Waals surface area contributed by atoms with Gasteiger partial charge in [-0.25, -0.2) is 17.6 Å². The van der Waals surface area contributed by atoms with Crippen molar-refractivity contribution in [2.45, 2.75) is 60.4 Å². The lowest BCUT2D eigenvalue weighted by Crippen LogP contribution is -2.51. The number of alkyl halides is 4. The second kappa shape index (κ2) is 8.20. The van der Waals surface area contributed by atoms with E-state index in [0.717, 1.165) is 0 Å². The first-order valence-corrected chi connectivity index (χ1v) is 12.2. The molecule has 5 rings (SSSR count). The highest BCUT2D eigenvalue weighted by Gasteiger charge is 2.55. The number of halogens is 4. The molecular formula is C24H25B3F4N4O2. The summed E-state index contributed by atoms with van der Waals surface area (Å²) in [5.74, 6) is -6.87. The predicted octanol–water partition coefficient (Wildman–Crippen LogP) is 1.41. The highest BCUT2D eigenvalue weighted by molar-refractivity contribution is 6.25. The number of nitrogens with one attached hydrogen (secondary N) is 1. The Balaban J connectivity index is 1.71. The van der Waals surface area contributed by atoms with Crippen molar-refractivity contribution in [1.82, 2.24) is 15.0 Å².